The van der Waals surface area contributed by atoms with Crippen molar-refractivity contribution < 1.29 is 18.8 Å². The van der Waals surface area contributed by atoms with Gasteiger partial charge in [0, 0.05) is 4.90 Å². The van der Waals surface area contributed by atoms with Crippen molar-refractivity contribution >= 4 is 22.6 Å². The van der Waals surface area contributed by atoms with E-state index in [2.05, 4.69) is 5.32 Å². The molecule has 0 aliphatic rings. The number of nitrogens with one attached hydrogen (secondary N) is 1. The standard InChI is InChI=1S/C18H21NO4S/c1-12-5-8-14(9-6-12)24(22)16-11-13(20)7-10-15(16)19-17(21)23-18(2,3)4/h5-11,20H,1-4H3,(H,19,21). The molecule has 2 aromatic carbocycles. The molecule has 128 valence electrons. The van der Waals surface area contributed by atoms with Gasteiger partial charge >= 0.3 is 6.09 Å². The third-order valence-corrected chi connectivity index (χ3v) is 4.47. The van der Waals surface area contributed by atoms with Crippen LogP contribution in [0.4, 0.5) is 10.5 Å². The van der Waals surface area contributed by atoms with E-state index in [-0.39, 0.29) is 5.75 Å². The number of carbonyl (C=O) groups excluding carboxylic acids is 1. The van der Waals surface area contributed by atoms with Gasteiger partial charge < -0.3 is 9.84 Å². The predicted molar refractivity (Wildman–Crippen MR) is 93.8 cm³/mol. The number of rotatable bonds is 3. The van der Waals surface area contributed by atoms with E-state index >= 15 is 0 Å². The van der Waals surface area contributed by atoms with Crippen molar-refractivity contribution in [2.75, 3.05) is 5.32 Å². The Bertz CT molecular complexity index is 764. The number of hydrogen-bond donors (Lipinski definition) is 2. The molecule has 0 aromatic heterocycles. The monoisotopic (exact) mass is 347 g/mol. The van der Waals surface area contributed by atoms with E-state index in [1.54, 1.807) is 32.9 Å². The Morgan fingerprint density at radius 3 is 2.33 bits per heavy atom. The molecule has 0 aliphatic heterocycles. The molecule has 2 rings (SSSR count). The van der Waals surface area contributed by atoms with Crippen LogP contribution >= 0.6 is 0 Å². The molecular weight excluding hydrogens is 326 g/mol. The molecule has 5 nitrogen and oxygen atoms in total. The van der Waals surface area contributed by atoms with Gasteiger partial charge in [-0.25, -0.2) is 9.00 Å². The maximum absolute atomic E-state index is 12.8. The van der Waals surface area contributed by atoms with Gasteiger partial charge in [-0.05, 0) is 58.0 Å². The second-order valence-electron chi connectivity index (χ2n) is 6.39. The van der Waals surface area contributed by atoms with Gasteiger partial charge in [-0.1, -0.05) is 17.7 Å². The zero-order valence-electron chi connectivity index (χ0n) is 14.1. The van der Waals surface area contributed by atoms with Crippen LogP contribution in [0.25, 0.3) is 0 Å². The van der Waals surface area contributed by atoms with Crippen LogP contribution in [-0.2, 0) is 15.5 Å². The zero-order valence-corrected chi connectivity index (χ0v) is 14.9. The average Bonchev–Trinajstić information content (AvgIpc) is 2.47. The molecule has 0 bridgehead atoms. The first-order chi connectivity index (χ1) is 11.2. The number of aryl methyl sites for hydroxylation is 1. The fourth-order valence-corrected chi connectivity index (χ4v) is 3.15. The van der Waals surface area contributed by atoms with E-state index < -0.39 is 22.5 Å². The van der Waals surface area contributed by atoms with Gasteiger partial charge in [0.05, 0.1) is 21.4 Å². The number of phenolic OH excluding ortho intramolecular Hbond substituents is 1. The van der Waals surface area contributed by atoms with E-state index in [0.717, 1.165) is 5.56 Å². The quantitative estimate of drug-likeness (QED) is 0.815. The molecule has 6 heteroatoms. The zero-order chi connectivity index (χ0) is 17.9. The molecule has 0 saturated carbocycles. The normalized spacial score (nSPS) is 12.5. The molecule has 24 heavy (non-hydrogen) atoms. The Morgan fingerprint density at radius 1 is 1.12 bits per heavy atom. The van der Waals surface area contributed by atoms with Crippen molar-refractivity contribution in [1.29, 1.82) is 0 Å². The smallest absolute Gasteiger partial charge is 0.412 e. The number of anilines is 1. The summed E-state index contributed by atoms with van der Waals surface area (Å²) in [7, 11) is -1.55. The second-order valence-corrected chi connectivity index (χ2v) is 7.84. The van der Waals surface area contributed by atoms with Crippen molar-refractivity contribution in [1.82, 2.24) is 0 Å². The predicted octanol–water partition coefficient (Wildman–Crippen LogP) is 4.21. The molecule has 0 aliphatic carbocycles. The highest BCUT2D eigenvalue weighted by atomic mass is 32.2. The molecular formula is C18H21NO4S. The number of carbonyl (C=O) groups is 1. The molecule has 0 saturated heterocycles. The molecule has 0 heterocycles. The van der Waals surface area contributed by atoms with E-state index in [9.17, 15) is 14.1 Å². The van der Waals surface area contributed by atoms with Crippen molar-refractivity contribution in [2.45, 2.75) is 43.1 Å². The lowest BCUT2D eigenvalue weighted by Crippen LogP contribution is -2.27. The fourth-order valence-electron chi connectivity index (χ4n) is 1.97. The number of aromatic hydroxyl groups is 1. The molecule has 0 fully saturated rings. The summed E-state index contributed by atoms with van der Waals surface area (Å²) in [6, 6.07) is 11.5. The summed E-state index contributed by atoms with van der Waals surface area (Å²) < 4.78 is 18.0. The highest BCUT2D eigenvalue weighted by molar-refractivity contribution is 7.85. The summed E-state index contributed by atoms with van der Waals surface area (Å²) in [6.45, 7) is 7.22. The molecule has 0 spiro atoms. The van der Waals surface area contributed by atoms with Crippen LogP contribution in [0, 0.1) is 6.92 Å². The van der Waals surface area contributed by atoms with E-state index in [1.807, 2.05) is 19.1 Å². The minimum absolute atomic E-state index is 0.0276. The van der Waals surface area contributed by atoms with Crippen LogP contribution in [0.15, 0.2) is 52.3 Å². The van der Waals surface area contributed by atoms with Gasteiger partial charge in [-0.3, -0.25) is 5.32 Å². The summed E-state index contributed by atoms with van der Waals surface area (Å²) in [6.07, 6.45) is -0.643. The van der Waals surface area contributed by atoms with Crippen molar-refractivity contribution in [2.24, 2.45) is 0 Å². The molecule has 1 atom stereocenters. The lowest BCUT2D eigenvalue weighted by Gasteiger charge is -2.20. The minimum Gasteiger partial charge on any atom is -0.508 e. The van der Waals surface area contributed by atoms with Crippen molar-refractivity contribution in [3.05, 3.63) is 48.0 Å². The van der Waals surface area contributed by atoms with Gasteiger partial charge in [0.2, 0.25) is 0 Å². The Hall–Kier alpha value is -2.34. The van der Waals surface area contributed by atoms with Gasteiger partial charge in [0.25, 0.3) is 0 Å². The van der Waals surface area contributed by atoms with E-state index in [4.69, 9.17) is 4.74 Å². The Labute approximate surface area is 144 Å². The molecule has 2 N–H and O–H groups in total. The molecule has 0 radical (unpaired) electrons. The minimum atomic E-state index is -1.55. The highest BCUT2D eigenvalue weighted by Crippen LogP contribution is 2.28. The van der Waals surface area contributed by atoms with Crippen molar-refractivity contribution in [3.8, 4) is 5.75 Å². The third-order valence-electron chi connectivity index (χ3n) is 3.04. The number of benzene rings is 2. The first-order valence-electron chi connectivity index (χ1n) is 7.47. The van der Waals surface area contributed by atoms with E-state index in [0.29, 0.717) is 15.5 Å². The third kappa shape index (κ3) is 4.83. The lowest BCUT2D eigenvalue weighted by molar-refractivity contribution is 0.0635. The fraction of sp³-hybridized carbons (Fsp3) is 0.278. The summed E-state index contributed by atoms with van der Waals surface area (Å²) >= 11 is 0. The first kappa shape index (κ1) is 18.0. The largest absolute Gasteiger partial charge is 0.508 e. The lowest BCUT2D eigenvalue weighted by atomic mass is 10.2. The molecule has 1 amide bonds. The number of ether oxygens (including phenoxy) is 1. The summed E-state index contributed by atoms with van der Waals surface area (Å²) in [5, 5.41) is 12.3. The van der Waals surface area contributed by atoms with Crippen LogP contribution in [0.3, 0.4) is 0 Å². The first-order valence-corrected chi connectivity index (χ1v) is 8.62. The van der Waals surface area contributed by atoms with Gasteiger partial charge in [-0.2, -0.15) is 0 Å². The molecule has 1 unspecified atom stereocenters. The van der Waals surface area contributed by atoms with Gasteiger partial charge in [-0.15, -0.1) is 0 Å². The maximum Gasteiger partial charge on any atom is 0.412 e. The molecule has 2 aromatic rings. The SMILES string of the molecule is Cc1ccc(S(=O)c2cc(O)ccc2NC(=O)OC(C)(C)C)cc1. The van der Waals surface area contributed by atoms with Crippen LogP contribution in [0.2, 0.25) is 0 Å². The number of phenols is 1. The Kier molecular flexibility index (Phi) is 5.29. The highest BCUT2D eigenvalue weighted by Gasteiger charge is 2.19. The average molecular weight is 347 g/mol. The van der Waals surface area contributed by atoms with Crippen molar-refractivity contribution in [3.63, 3.8) is 0 Å². The van der Waals surface area contributed by atoms with Gasteiger partial charge in [0.15, 0.2) is 0 Å². The van der Waals surface area contributed by atoms with Crippen LogP contribution in [-0.4, -0.2) is 21.0 Å². The summed E-state index contributed by atoms with van der Waals surface area (Å²) in [5.41, 5.74) is 0.747. The number of amides is 1. The second kappa shape index (κ2) is 7.05. The van der Waals surface area contributed by atoms with Crippen LogP contribution in [0.1, 0.15) is 26.3 Å². The van der Waals surface area contributed by atoms with E-state index in [1.165, 1.54) is 18.2 Å². The maximum atomic E-state index is 12.8. The number of hydrogen-bond acceptors (Lipinski definition) is 4. The summed E-state index contributed by atoms with van der Waals surface area (Å²) in [4.78, 5) is 12.9. The van der Waals surface area contributed by atoms with Crippen LogP contribution < -0.4 is 5.32 Å². The Balaban J connectivity index is 2.32. The topological polar surface area (TPSA) is 75.6 Å². The summed E-state index contributed by atoms with van der Waals surface area (Å²) in [5.74, 6) is -0.0276. The van der Waals surface area contributed by atoms with Gasteiger partial charge in [0.1, 0.15) is 11.4 Å². The Morgan fingerprint density at radius 2 is 1.75 bits per heavy atom. The van der Waals surface area contributed by atoms with Crippen LogP contribution in [0.5, 0.6) is 5.75 Å².